The third kappa shape index (κ3) is 2.67. The van der Waals surface area contributed by atoms with Gasteiger partial charge in [-0.1, -0.05) is 17.7 Å². The van der Waals surface area contributed by atoms with E-state index in [1.54, 1.807) is 19.1 Å². The number of carbonyl (C=O) groups excluding carboxylic acids is 1. The number of benzene rings is 1. The normalized spacial score (nSPS) is 23.9. The molecule has 92 valence electrons. The van der Waals surface area contributed by atoms with Crippen LogP contribution in [0, 0.1) is 5.82 Å². The van der Waals surface area contributed by atoms with E-state index in [4.69, 9.17) is 16.3 Å². The molecule has 0 aromatic heterocycles. The molecule has 1 aromatic rings. The first-order valence-electron chi connectivity index (χ1n) is 5.62. The minimum Gasteiger partial charge on any atom is -0.367 e. The molecule has 0 radical (unpaired) electrons. The first kappa shape index (κ1) is 12.5. The molecule has 17 heavy (non-hydrogen) atoms. The molecule has 1 aliphatic rings. The van der Waals surface area contributed by atoms with Gasteiger partial charge in [-0.25, -0.2) is 4.39 Å². The van der Waals surface area contributed by atoms with Gasteiger partial charge in [-0.3, -0.25) is 4.79 Å². The van der Waals surface area contributed by atoms with Crippen LogP contribution in [0.2, 0.25) is 5.02 Å². The first-order valence-corrected chi connectivity index (χ1v) is 6.00. The van der Waals surface area contributed by atoms with Crippen molar-refractivity contribution in [1.29, 1.82) is 0 Å². The summed E-state index contributed by atoms with van der Waals surface area (Å²) in [5, 5.41) is 0.335. The van der Waals surface area contributed by atoms with Crippen molar-refractivity contribution in [3.05, 3.63) is 34.6 Å². The summed E-state index contributed by atoms with van der Waals surface area (Å²) in [6, 6.07) is 4.36. The van der Waals surface area contributed by atoms with Crippen LogP contribution in [-0.2, 0) is 16.0 Å². The second-order valence-corrected chi connectivity index (χ2v) is 4.95. The monoisotopic (exact) mass is 256 g/mol. The highest BCUT2D eigenvalue weighted by Crippen LogP contribution is 2.28. The smallest absolute Gasteiger partial charge is 0.168 e. The van der Waals surface area contributed by atoms with Crippen LogP contribution in [0.3, 0.4) is 0 Å². The van der Waals surface area contributed by atoms with Crippen molar-refractivity contribution >= 4 is 17.4 Å². The summed E-state index contributed by atoms with van der Waals surface area (Å²) in [6.45, 7) is 2.38. The highest BCUT2D eigenvalue weighted by atomic mass is 35.5. The van der Waals surface area contributed by atoms with Crippen molar-refractivity contribution in [2.75, 3.05) is 6.61 Å². The van der Waals surface area contributed by atoms with Gasteiger partial charge in [0.2, 0.25) is 0 Å². The van der Waals surface area contributed by atoms with Gasteiger partial charge in [-0.2, -0.15) is 0 Å². The maximum absolute atomic E-state index is 13.5. The lowest BCUT2D eigenvalue weighted by atomic mass is 9.92. The van der Waals surface area contributed by atoms with Gasteiger partial charge in [0.15, 0.2) is 5.78 Å². The fourth-order valence-corrected chi connectivity index (χ4v) is 2.18. The van der Waals surface area contributed by atoms with Gasteiger partial charge in [-0.15, -0.1) is 0 Å². The number of halogens is 2. The van der Waals surface area contributed by atoms with Crippen LogP contribution >= 0.6 is 11.6 Å². The lowest BCUT2D eigenvalue weighted by Crippen LogP contribution is -2.35. The molecular weight excluding hydrogens is 243 g/mol. The van der Waals surface area contributed by atoms with Crippen LogP contribution in [0.15, 0.2) is 18.2 Å². The molecule has 1 heterocycles. The molecule has 0 amide bonds. The predicted octanol–water partition coefficient (Wildman–Crippen LogP) is 3.16. The lowest BCUT2D eigenvalue weighted by molar-refractivity contribution is -0.136. The fraction of sp³-hybridized carbons (Fsp3) is 0.462. The number of rotatable bonds is 3. The van der Waals surface area contributed by atoms with Crippen LogP contribution in [0.1, 0.15) is 25.3 Å². The molecule has 1 saturated heterocycles. The highest BCUT2D eigenvalue weighted by Gasteiger charge is 2.37. The van der Waals surface area contributed by atoms with Crippen molar-refractivity contribution < 1.29 is 13.9 Å². The second-order valence-electron chi connectivity index (χ2n) is 4.52. The van der Waals surface area contributed by atoms with Crippen LogP contribution in [0.5, 0.6) is 0 Å². The van der Waals surface area contributed by atoms with Gasteiger partial charge in [-0.05, 0) is 37.5 Å². The Morgan fingerprint density at radius 3 is 2.94 bits per heavy atom. The molecule has 0 aliphatic carbocycles. The minimum atomic E-state index is -0.744. The minimum absolute atomic E-state index is 0.0551. The average molecular weight is 257 g/mol. The van der Waals surface area contributed by atoms with E-state index in [9.17, 15) is 9.18 Å². The van der Waals surface area contributed by atoms with E-state index in [1.165, 1.54) is 6.07 Å². The van der Waals surface area contributed by atoms with E-state index < -0.39 is 11.4 Å². The Morgan fingerprint density at radius 1 is 1.59 bits per heavy atom. The molecule has 1 unspecified atom stereocenters. The number of ketones is 1. The Balaban J connectivity index is 2.13. The first-order chi connectivity index (χ1) is 8.01. The Kier molecular flexibility index (Phi) is 3.50. The zero-order valence-electron chi connectivity index (χ0n) is 9.63. The van der Waals surface area contributed by atoms with E-state index in [2.05, 4.69) is 0 Å². The van der Waals surface area contributed by atoms with Crippen molar-refractivity contribution in [2.45, 2.75) is 31.8 Å². The van der Waals surface area contributed by atoms with Crippen LogP contribution in [0.25, 0.3) is 0 Å². The molecule has 4 heteroatoms. The summed E-state index contributed by atoms with van der Waals surface area (Å²) in [4.78, 5) is 12.0. The third-order valence-corrected chi connectivity index (χ3v) is 3.41. The molecular formula is C13H14ClFO2. The number of hydrogen-bond donors (Lipinski definition) is 0. The lowest BCUT2D eigenvalue weighted by Gasteiger charge is -2.21. The summed E-state index contributed by atoms with van der Waals surface area (Å²) < 4.78 is 19.0. The zero-order valence-corrected chi connectivity index (χ0v) is 10.4. The van der Waals surface area contributed by atoms with Crippen molar-refractivity contribution in [3.8, 4) is 0 Å². The molecule has 2 rings (SSSR count). The van der Waals surface area contributed by atoms with Gasteiger partial charge >= 0.3 is 0 Å². The largest absolute Gasteiger partial charge is 0.367 e. The molecule has 1 atom stereocenters. The Labute approximate surface area is 105 Å². The van der Waals surface area contributed by atoms with E-state index in [-0.39, 0.29) is 12.2 Å². The molecule has 0 saturated carbocycles. The Bertz CT molecular complexity index is 439. The van der Waals surface area contributed by atoms with E-state index in [0.29, 0.717) is 23.6 Å². The van der Waals surface area contributed by atoms with Crippen LogP contribution < -0.4 is 0 Å². The summed E-state index contributed by atoms with van der Waals surface area (Å²) in [6.07, 6.45) is 1.64. The third-order valence-electron chi connectivity index (χ3n) is 3.17. The van der Waals surface area contributed by atoms with Gasteiger partial charge < -0.3 is 4.74 Å². The Morgan fingerprint density at radius 2 is 2.35 bits per heavy atom. The van der Waals surface area contributed by atoms with Crippen LogP contribution in [0.4, 0.5) is 4.39 Å². The van der Waals surface area contributed by atoms with Gasteiger partial charge in [0, 0.05) is 18.1 Å². The maximum atomic E-state index is 13.5. The van der Waals surface area contributed by atoms with Gasteiger partial charge in [0.25, 0.3) is 0 Å². The quantitative estimate of drug-likeness (QED) is 0.830. The second kappa shape index (κ2) is 4.75. The van der Waals surface area contributed by atoms with Crippen molar-refractivity contribution in [1.82, 2.24) is 0 Å². The number of ether oxygens (including phenoxy) is 1. The van der Waals surface area contributed by atoms with Gasteiger partial charge in [0.1, 0.15) is 11.4 Å². The molecule has 1 aliphatic heterocycles. The van der Waals surface area contributed by atoms with Gasteiger partial charge in [0.05, 0.1) is 0 Å². The standard InChI is InChI=1S/C13H14ClFO2/c1-13(5-2-6-17-13)12(16)7-9-3-4-10(14)8-11(9)15/h3-4,8H,2,5-7H2,1H3. The van der Waals surface area contributed by atoms with Crippen LogP contribution in [-0.4, -0.2) is 18.0 Å². The van der Waals surface area contributed by atoms with E-state index >= 15 is 0 Å². The number of carbonyl (C=O) groups is 1. The molecule has 2 nitrogen and oxygen atoms in total. The topological polar surface area (TPSA) is 26.3 Å². The predicted molar refractivity (Wildman–Crippen MR) is 63.7 cm³/mol. The summed E-state index contributed by atoms with van der Waals surface area (Å²) in [7, 11) is 0. The number of Topliss-reactive ketones (excluding diaryl/α,β-unsaturated/α-hetero) is 1. The average Bonchev–Trinajstić information content (AvgIpc) is 2.71. The molecule has 0 spiro atoms. The SMILES string of the molecule is CC1(C(=O)Cc2ccc(Cl)cc2F)CCCO1. The fourth-order valence-electron chi connectivity index (χ4n) is 2.02. The summed E-state index contributed by atoms with van der Waals surface area (Å²) >= 11 is 5.66. The molecule has 0 N–H and O–H groups in total. The van der Waals surface area contributed by atoms with E-state index in [1.807, 2.05) is 0 Å². The van der Waals surface area contributed by atoms with Crippen molar-refractivity contribution in [2.24, 2.45) is 0 Å². The number of hydrogen-bond acceptors (Lipinski definition) is 2. The maximum Gasteiger partial charge on any atom is 0.168 e. The zero-order chi connectivity index (χ0) is 12.5. The molecule has 1 aromatic carbocycles. The summed E-state index contributed by atoms with van der Waals surface area (Å²) in [5.41, 5.74) is -0.373. The molecule has 1 fully saturated rings. The summed E-state index contributed by atoms with van der Waals surface area (Å²) in [5.74, 6) is -0.510. The molecule has 0 bridgehead atoms. The Hall–Kier alpha value is -0.930. The van der Waals surface area contributed by atoms with Crippen molar-refractivity contribution in [3.63, 3.8) is 0 Å². The van der Waals surface area contributed by atoms with E-state index in [0.717, 1.165) is 6.42 Å². The highest BCUT2D eigenvalue weighted by molar-refractivity contribution is 6.30.